The van der Waals surface area contributed by atoms with Crippen LogP contribution in [0, 0.1) is 0 Å². The number of carbonyl (C=O) groups excluding carboxylic acids is 3. The monoisotopic (exact) mass is 1130 g/mol. The summed E-state index contributed by atoms with van der Waals surface area (Å²) < 4.78 is 17.0. The van der Waals surface area contributed by atoms with E-state index in [1.165, 1.54) is 205 Å². The van der Waals surface area contributed by atoms with Gasteiger partial charge in [0.15, 0.2) is 6.10 Å². The Morgan fingerprint density at radius 2 is 0.481 bits per heavy atom. The Kier molecular flexibility index (Phi) is 66.2. The number of ether oxygens (including phenoxy) is 3. The minimum absolute atomic E-state index is 0.0801. The van der Waals surface area contributed by atoms with Gasteiger partial charge in [0, 0.05) is 19.3 Å². The molecule has 1 unspecified atom stereocenters. The van der Waals surface area contributed by atoms with Crippen LogP contribution in [-0.4, -0.2) is 37.2 Å². The van der Waals surface area contributed by atoms with Gasteiger partial charge in [-0.05, 0) is 96.3 Å². The molecule has 0 amide bonds. The Balaban J connectivity index is 4.27. The van der Waals surface area contributed by atoms with Crippen LogP contribution in [0.5, 0.6) is 0 Å². The zero-order valence-electron chi connectivity index (χ0n) is 53.8. The Hall–Kier alpha value is -3.41. The van der Waals surface area contributed by atoms with Gasteiger partial charge in [-0.2, -0.15) is 0 Å². The van der Waals surface area contributed by atoms with E-state index in [-0.39, 0.29) is 31.1 Å². The van der Waals surface area contributed by atoms with Gasteiger partial charge in [-0.15, -0.1) is 0 Å². The molecule has 0 spiro atoms. The van der Waals surface area contributed by atoms with E-state index in [2.05, 4.69) is 106 Å². The normalized spacial score (nSPS) is 12.6. The van der Waals surface area contributed by atoms with Gasteiger partial charge < -0.3 is 14.2 Å². The lowest BCUT2D eigenvalue weighted by atomic mass is 10.0. The van der Waals surface area contributed by atoms with Gasteiger partial charge in [0.1, 0.15) is 13.2 Å². The quantitative estimate of drug-likeness (QED) is 0.0261. The van der Waals surface area contributed by atoms with E-state index < -0.39 is 6.10 Å². The molecule has 81 heavy (non-hydrogen) atoms. The van der Waals surface area contributed by atoms with Crippen molar-refractivity contribution in [2.45, 2.75) is 361 Å². The summed E-state index contributed by atoms with van der Waals surface area (Å²) >= 11 is 0. The maximum Gasteiger partial charge on any atom is 0.306 e. The third-order valence-corrected chi connectivity index (χ3v) is 15.4. The van der Waals surface area contributed by atoms with E-state index in [1.54, 1.807) is 0 Å². The minimum atomic E-state index is -0.783. The van der Waals surface area contributed by atoms with Gasteiger partial charge in [0.05, 0.1) is 0 Å². The second-order valence-corrected chi connectivity index (χ2v) is 23.4. The van der Waals surface area contributed by atoms with Crippen LogP contribution in [0.2, 0.25) is 0 Å². The molecule has 0 aromatic heterocycles. The first-order chi connectivity index (χ1) is 40.0. The van der Waals surface area contributed by atoms with Crippen molar-refractivity contribution in [1.82, 2.24) is 0 Å². The second kappa shape index (κ2) is 69.1. The standard InChI is InChI=1S/C75H132O6/c1-4-7-10-13-16-19-22-25-27-29-31-33-35-37-38-39-41-42-44-46-48-50-53-56-59-62-65-68-74(77)80-71-72(70-79-73(76)67-64-61-58-55-52-24-21-18-15-12-9-6-3)81-75(78)69-66-63-60-57-54-51-49-47-45-43-40-36-34-32-30-28-26-23-20-17-14-11-8-5-2/h7,10,16,18-19,21,25,27,31,33,37-38,41-42,72H,4-6,8-9,11-15,17,20,22-24,26,28-30,32,34-36,39-40,43-71H2,1-3H3/b10-7-,19-16-,21-18-,27-25-,33-31-,38-37-,42-41-. The van der Waals surface area contributed by atoms with E-state index in [9.17, 15) is 14.4 Å². The van der Waals surface area contributed by atoms with Gasteiger partial charge in [0.25, 0.3) is 0 Å². The second-order valence-electron chi connectivity index (χ2n) is 23.4. The van der Waals surface area contributed by atoms with Crippen LogP contribution in [0.4, 0.5) is 0 Å². The van der Waals surface area contributed by atoms with E-state index in [4.69, 9.17) is 14.2 Å². The summed E-state index contributed by atoms with van der Waals surface area (Å²) in [5.41, 5.74) is 0. The highest BCUT2D eigenvalue weighted by Crippen LogP contribution is 2.18. The van der Waals surface area contributed by atoms with Crippen molar-refractivity contribution in [3.05, 3.63) is 85.1 Å². The van der Waals surface area contributed by atoms with E-state index in [0.717, 1.165) is 109 Å². The van der Waals surface area contributed by atoms with Crippen molar-refractivity contribution in [2.75, 3.05) is 13.2 Å². The van der Waals surface area contributed by atoms with Crippen LogP contribution in [-0.2, 0) is 28.6 Å². The lowest BCUT2D eigenvalue weighted by Gasteiger charge is -2.18. The first kappa shape index (κ1) is 77.6. The summed E-state index contributed by atoms with van der Waals surface area (Å²) in [5.74, 6) is -0.878. The smallest absolute Gasteiger partial charge is 0.306 e. The van der Waals surface area contributed by atoms with E-state index in [0.29, 0.717) is 19.3 Å². The van der Waals surface area contributed by atoms with Crippen LogP contribution in [0.1, 0.15) is 355 Å². The number of unbranched alkanes of at least 4 members (excludes halogenated alkanes) is 39. The molecule has 0 saturated carbocycles. The largest absolute Gasteiger partial charge is 0.462 e. The van der Waals surface area contributed by atoms with Gasteiger partial charge in [-0.3, -0.25) is 14.4 Å². The van der Waals surface area contributed by atoms with Gasteiger partial charge in [-0.1, -0.05) is 324 Å². The minimum Gasteiger partial charge on any atom is -0.462 e. The van der Waals surface area contributed by atoms with Crippen LogP contribution in [0.3, 0.4) is 0 Å². The van der Waals surface area contributed by atoms with Crippen molar-refractivity contribution in [3.63, 3.8) is 0 Å². The molecule has 0 bridgehead atoms. The molecule has 0 saturated heterocycles. The molecule has 0 heterocycles. The first-order valence-electron chi connectivity index (χ1n) is 35.1. The molecule has 0 aromatic rings. The van der Waals surface area contributed by atoms with Crippen LogP contribution in [0.25, 0.3) is 0 Å². The molecule has 0 fully saturated rings. The molecule has 1 atom stereocenters. The topological polar surface area (TPSA) is 78.9 Å². The first-order valence-corrected chi connectivity index (χ1v) is 35.1. The Morgan fingerprint density at radius 3 is 0.790 bits per heavy atom. The maximum absolute atomic E-state index is 12.9. The molecule has 0 aliphatic carbocycles. The predicted octanol–water partition coefficient (Wildman–Crippen LogP) is 24.2. The highest BCUT2D eigenvalue weighted by atomic mass is 16.6. The number of allylic oxidation sites excluding steroid dienone is 14. The van der Waals surface area contributed by atoms with Crippen molar-refractivity contribution < 1.29 is 28.6 Å². The fourth-order valence-corrected chi connectivity index (χ4v) is 10.2. The summed E-state index contributed by atoms with van der Waals surface area (Å²) in [5, 5.41) is 0. The molecule has 0 aliphatic rings. The Bertz CT molecular complexity index is 1530. The number of hydrogen-bond acceptors (Lipinski definition) is 6. The van der Waals surface area contributed by atoms with Crippen LogP contribution >= 0.6 is 0 Å². The van der Waals surface area contributed by atoms with Crippen molar-refractivity contribution in [2.24, 2.45) is 0 Å². The van der Waals surface area contributed by atoms with Crippen molar-refractivity contribution in [3.8, 4) is 0 Å². The number of hydrogen-bond donors (Lipinski definition) is 0. The molecule has 0 aromatic carbocycles. The average molecular weight is 1130 g/mol. The highest BCUT2D eigenvalue weighted by Gasteiger charge is 2.19. The Morgan fingerprint density at radius 1 is 0.259 bits per heavy atom. The summed E-state index contributed by atoms with van der Waals surface area (Å²) in [6, 6.07) is 0. The third-order valence-electron chi connectivity index (χ3n) is 15.4. The number of rotatable bonds is 64. The molecule has 468 valence electrons. The van der Waals surface area contributed by atoms with E-state index in [1.807, 2.05) is 0 Å². The lowest BCUT2D eigenvalue weighted by molar-refractivity contribution is -0.167. The average Bonchev–Trinajstić information content (AvgIpc) is 3.47. The summed E-state index contributed by atoms with van der Waals surface area (Å²) in [6.07, 6.45) is 91.8. The SMILES string of the molecule is CC/C=C\C/C=C\C/C=C\C/C=C\C/C=C\C/C=C\CCCCCCCCCCC(=O)OCC(COC(=O)CCCCCCC/C=C\CCCCC)OC(=O)CCCCCCCCCCCCCCCCCCCCCCCCCC. The van der Waals surface area contributed by atoms with Crippen molar-refractivity contribution >= 4 is 17.9 Å². The zero-order valence-corrected chi connectivity index (χ0v) is 53.8. The maximum atomic E-state index is 12.9. The van der Waals surface area contributed by atoms with Crippen LogP contribution in [0.15, 0.2) is 85.1 Å². The molecule has 0 aliphatic heterocycles. The predicted molar refractivity (Wildman–Crippen MR) is 353 cm³/mol. The Labute approximate surface area is 503 Å². The van der Waals surface area contributed by atoms with Gasteiger partial charge in [-0.25, -0.2) is 0 Å². The molecule has 6 nitrogen and oxygen atoms in total. The molecular formula is C75H132O6. The molecule has 0 rings (SSSR count). The highest BCUT2D eigenvalue weighted by molar-refractivity contribution is 5.71. The summed E-state index contributed by atoms with van der Waals surface area (Å²) in [7, 11) is 0. The van der Waals surface area contributed by atoms with Gasteiger partial charge >= 0.3 is 17.9 Å². The molecule has 0 radical (unpaired) electrons. The van der Waals surface area contributed by atoms with E-state index >= 15 is 0 Å². The lowest BCUT2D eigenvalue weighted by Crippen LogP contribution is -2.30. The third kappa shape index (κ3) is 67.3. The van der Waals surface area contributed by atoms with Gasteiger partial charge in [0.2, 0.25) is 0 Å². The summed E-state index contributed by atoms with van der Waals surface area (Å²) in [4.78, 5) is 38.4. The zero-order chi connectivity index (χ0) is 58.5. The molecule has 0 N–H and O–H groups in total. The summed E-state index contributed by atoms with van der Waals surface area (Å²) in [6.45, 7) is 6.54. The van der Waals surface area contributed by atoms with Crippen molar-refractivity contribution in [1.29, 1.82) is 0 Å². The molecule has 6 heteroatoms. The fraction of sp³-hybridized carbons (Fsp3) is 0.773. The van der Waals surface area contributed by atoms with Crippen LogP contribution < -0.4 is 0 Å². The number of esters is 3. The number of carbonyl (C=O) groups is 3. The molecular weight excluding hydrogens is 997 g/mol. The fourth-order valence-electron chi connectivity index (χ4n) is 10.2.